The van der Waals surface area contributed by atoms with Crippen molar-refractivity contribution < 1.29 is 19.1 Å². The molecule has 2 atom stereocenters. The van der Waals surface area contributed by atoms with Crippen molar-refractivity contribution >= 4 is 20.1 Å². The lowest BCUT2D eigenvalue weighted by Crippen LogP contribution is -2.45. The largest absolute Gasteiger partial charge is 0.467 e. The van der Waals surface area contributed by atoms with Gasteiger partial charge in [0, 0.05) is 0 Å². The minimum Gasteiger partial charge on any atom is -0.467 e. The number of hydrogen-bond donors (Lipinski definition) is 0. The Morgan fingerprint density at radius 3 is 2.26 bits per heavy atom. The Labute approximate surface area is 115 Å². The van der Waals surface area contributed by atoms with Crippen molar-refractivity contribution in [2.45, 2.75) is 44.6 Å². The Bertz CT molecular complexity index is 419. The zero-order valence-electron chi connectivity index (χ0n) is 12.1. The van der Waals surface area contributed by atoms with Gasteiger partial charge in [-0.3, -0.25) is 4.90 Å². The number of carbonyl (C=O) groups excluding carboxylic acids is 2. The number of nitrogens with zero attached hydrogens (tertiary/aromatic N) is 1. The van der Waals surface area contributed by atoms with E-state index in [1.165, 1.54) is 19.1 Å². The molecule has 1 amide bonds. The highest BCUT2D eigenvalue weighted by Crippen LogP contribution is 2.25. The van der Waals surface area contributed by atoms with Gasteiger partial charge in [-0.25, -0.2) is 9.59 Å². The van der Waals surface area contributed by atoms with Gasteiger partial charge < -0.3 is 9.47 Å². The molecular weight excluding hydrogens is 262 g/mol. The fraction of sp³-hybridized carbons (Fsp3) is 0.692. The fourth-order valence-electron chi connectivity index (χ4n) is 1.98. The van der Waals surface area contributed by atoms with Crippen molar-refractivity contribution in [1.29, 1.82) is 0 Å². The quantitative estimate of drug-likeness (QED) is 0.417. The molecule has 0 aromatic carbocycles. The third-order valence-electron chi connectivity index (χ3n) is 2.86. The molecule has 19 heavy (non-hydrogen) atoms. The molecule has 5 nitrogen and oxygen atoms in total. The summed E-state index contributed by atoms with van der Waals surface area (Å²) in [6.45, 7) is 6.40. The molecule has 0 bridgehead atoms. The zero-order valence-corrected chi connectivity index (χ0v) is 13.1. The van der Waals surface area contributed by atoms with E-state index in [4.69, 9.17) is 9.47 Å². The van der Waals surface area contributed by atoms with Crippen LogP contribution in [0.15, 0.2) is 0 Å². The van der Waals surface area contributed by atoms with Crippen LogP contribution < -0.4 is 0 Å². The van der Waals surface area contributed by atoms with Gasteiger partial charge in [-0.1, -0.05) is 25.6 Å². The number of rotatable bonds is 1. The molecule has 1 aliphatic heterocycles. The van der Waals surface area contributed by atoms with Gasteiger partial charge in [0.25, 0.3) is 0 Å². The molecule has 1 aliphatic rings. The van der Waals surface area contributed by atoms with E-state index in [9.17, 15) is 9.59 Å². The second kappa shape index (κ2) is 6.11. The highest BCUT2D eigenvalue weighted by atomic mass is 28.3. The topological polar surface area (TPSA) is 55.8 Å². The first kappa shape index (κ1) is 15.6. The summed E-state index contributed by atoms with van der Waals surface area (Å²) in [6, 6.07) is -0.846. The Morgan fingerprint density at radius 1 is 1.16 bits per heavy atom. The van der Waals surface area contributed by atoms with Gasteiger partial charge in [0.15, 0.2) is 0 Å². The molecule has 0 spiro atoms. The van der Waals surface area contributed by atoms with E-state index < -0.39 is 26.2 Å². The summed E-state index contributed by atoms with van der Waals surface area (Å²) in [7, 11) is 1.11. The molecule has 1 unspecified atom stereocenters. The summed E-state index contributed by atoms with van der Waals surface area (Å²) in [5, 5.41) is 0. The van der Waals surface area contributed by atoms with Gasteiger partial charge in [-0.2, -0.15) is 0 Å². The minimum atomic E-state index is -1.51. The maximum atomic E-state index is 11.8. The van der Waals surface area contributed by atoms with E-state index >= 15 is 0 Å². The van der Waals surface area contributed by atoms with E-state index in [0.717, 1.165) is 0 Å². The van der Waals surface area contributed by atoms with Crippen molar-refractivity contribution in [2.24, 2.45) is 0 Å². The Hall–Kier alpha value is -1.48. The number of hydrogen-bond acceptors (Lipinski definition) is 4. The smallest absolute Gasteiger partial charge is 0.411 e. The number of likely N-dealkylation sites (tertiary alicyclic amines) is 1. The first-order valence-electron chi connectivity index (χ1n) is 6.27. The van der Waals surface area contributed by atoms with Gasteiger partial charge in [-0.15, -0.1) is 5.54 Å². The zero-order chi connectivity index (χ0) is 14.6. The van der Waals surface area contributed by atoms with Crippen LogP contribution in [-0.2, 0) is 14.3 Å². The van der Waals surface area contributed by atoms with Gasteiger partial charge in [0.2, 0.25) is 0 Å². The normalized spacial score (nSPS) is 22.5. The third-order valence-corrected chi connectivity index (χ3v) is 3.75. The molecule has 0 radical (unpaired) electrons. The van der Waals surface area contributed by atoms with Crippen LogP contribution in [0.2, 0.25) is 19.6 Å². The Balaban J connectivity index is 2.96. The van der Waals surface area contributed by atoms with Crippen molar-refractivity contribution in [3.05, 3.63) is 0 Å². The van der Waals surface area contributed by atoms with Crippen molar-refractivity contribution in [3.8, 4) is 11.5 Å². The monoisotopic (exact) mass is 283 g/mol. The van der Waals surface area contributed by atoms with Crippen molar-refractivity contribution in [2.75, 3.05) is 14.2 Å². The SMILES string of the molecule is COC(=O)[C@@H]1CCC(C#C[Si](C)(C)C)N1C(=O)OC. The van der Waals surface area contributed by atoms with Crippen LogP contribution in [0.1, 0.15) is 12.8 Å². The summed E-state index contributed by atoms with van der Waals surface area (Å²) in [6.07, 6.45) is 0.710. The predicted molar refractivity (Wildman–Crippen MR) is 74.2 cm³/mol. The van der Waals surface area contributed by atoms with E-state index in [1.54, 1.807) is 0 Å². The molecule has 1 fully saturated rings. The van der Waals surface area contributed by atoms with Gasteiger partial charge in [0.05, 0.1) is 20.3 Å². The van der Waals surface area contributed by atoms with Crippen LogP contribution in [0.25, 0.3) is 0 Å². The van der Waals surface area contributed by atoms with Crippen LogP contribution in [0.4, 0.5) is 4.79 Å². The van der Waals surface area contributed by atoms with E-state index in [2.05, 4.69) is 31.1 Å². The second-order valence-electron chi connectivity index (χ2n) is 5.53. The molecule has 0 aromatic rings. The van der Waals surface area contributed by atoms with E-state index in [0.29, 0.717) is 12.8 Å². The average molecular weight is 283 g/mol. The minimum absolute atomic E-state index is 0.261. The van der Waals surface area contributed by atoms with Crippen LogP contribution >= 0.6 is 0 Å². The number of ether oxygens (including phenoxy) is 2. The summed E-state index contributed by atoms with van der Waals surface area (Å²) in [5.74, 6) is 2.71. The highest BCUT2D eigenvalue weighted by Gasteiger charge is 2.41. The lowest BCUT2D eigenvalue weighted by atomic mass is 10.2. The number of methoxy groups -OCH3 is 2. The average Bonchev–Trinajstić information content (AvgIpc) is 2.77. The second-order valence-corrected chi connectivity index (χ2v) is 10.3. The predicted octanol–water partition coefficient (Wildman–Crippen LogP) is 1.64. The highest BCUT2D eigenvalue weighted by molar-refractivity contribution is 6.83. The molecule has 6 heteroatoms. The standard InChI is InChI=1S/C13H21NO4Si/c1-17-12(15)11-7-6-10(8-9-19(3,4)5)14(11)13(16)18-2/h10-11H,6-7H2,1-5H3/t10?,11-/m0/s1. The summed E-state index contributed by atoms with van der Waals surface area (Å²) in [5.41, 5.74) is 3.24. The number of carbonyl (C=O) groups is 2. The molecule has 1 saturated heterocycles. The van der Waals surface area contributed by atoms with E-state index in [-0.39, 0.29) is 6.04 Å². The molecule has 0 aliphatic carbocycles. The molecule has 0 N–H and O–H groups in total. The summed E-state index contributed by atoms with van der Waals surface area (Å²) in [4.78, 5) is 24.9. The summed E-state index contributed by atoms with van der Waals surface area (Å²) >= 11 is 0. The van der Waals surface area contributed by atoms with Crippen molar-refractivity contribution in [1.82, 2.24) is 4.90 Å². The van der Waals surface area contributed by atoms with Gasteiger partial charge in [-0.05, 0) is 12.8 Å². The third kappa shape index (κ3) is 4.00. The molecule has 0 aromatic heterocycles. The summed E-state index contributed by atoms with van der Waals surface area (Å²) < 4.78 is 9.47. The first-order chi connectivity index (χ1) is 8.80. The van der Waals surface area contributed by atoms with Crippen LogP contribution in [0.5, 0.6) is 0 Å². The lowest BCUT2D eigenvalue weighted by molar-refractivity contribution is -0.145. The number of esters is 1. The first-order valence-corrected chi connectivity index (χ1v) is 9.77. The van der Waals surface area contributed by atoms with Crippen LogP contribution in [0, 0.1) is 11.5 Å². The maximum absolute atomic E-state index is 11.8. The van der Waals surface area contributed by atoms with E-state index in [1.807, 2.05) is 0 Å². The molecule has 0 saturated carbocycles. The fourth-order valence-corrected chi connectivity index (χ4v) is 2.58. The van der Waals surface area contributed by atoms with Gasteiger partial charge >= 0.3 is 12.1 Å². The molecule has 106 valence electrons. The Kier molecular flexibility index (Phi) is 5.01. The molecular formula is C13H21NO4Si. The Morgan fingerprint density at radius 2 is 1.79 bits per heavy atom. The number of amides is 1. The van der Waals surface area contributed by atoms with Gasteiger partial charge in [0.1, 0.15) is 14.1 Å². The molecule has 1 rings (SSSR count). The van der Waals surface area contributed by atoms with Crippen molar-refractivity contribution in [3.63, 3.8) is 0 Å². The van der Waals surface area contributed by atoms with Crippen LogP contribution in [-0.4, -0.2) is 51.3 Å². The lowest BCUT2D eigenvalue weighted by Gasteiger charge is -2.24. The van der Waals surface area contributed by atoms with Crippen LogP contribution in [0.3, 0.4) is 0 Å². The maximum Gasteiger partial charge on any atom is 0.411 e. The molecule has 1 heterocycles.